The molecule has 1 unspecified atom stereocenters. The van der Waals surface area contributed by atoms with Crippen LogP contribution in [0, 0.1) is 12.7 Å². The molecule has 0 bridgehead atoms. The number of halogens is 1. The van der Waals surface area contributed by atoms with Crippen LogP contribution < -0.4 is 5.32 Å². The first-order chi connectivity index (χ1) is 7.17. The third kappa shape index (κ3) is 3.84. The Bertz CT molecular complexity index is 314. The van der Waals surface area contributed by atoms with Crippen LogP contribution in [0.5, 0.6) is 0 Å². The van der Waals surface area contributed by atoms with E-state index in [0.717, 1.165) is 23.3 Å². The molecule has 0 aliphatic rings. The maximum absolute atomic E-state index is 13.1. The van der Waals surface area contributed by atoms with Crippen LogP contribution in [0.25, 0.3) is 0 Å². The minimum atomic E-state index is -0.144. The van der Waals surface area contributed by atoms with Gasteiger partial charge in [-0.25, -0.2) is 4.39 Å². The zero-order valence-corrected chi connectivity index (χ0v) is 10.3. The predicted octanol–water partition coefficient (Wildman–Crippen LogP) is 2.63. The topological polar surface area (TPSA) is 12.0 Å². The number of rotatable bonds is 5. The lowest BCUT2D eigenvalue weighted by Gasteiger charge is -2.16. The SMILES string of the molecule is CNC(CSC)Cc1cc(F)ccc1C. The highest BCUT2D eigenvalue weighted by Gasteiger charge is 2.08. The fourth-order valence-corrected chi connectivity index (χ4v) is 2.26. The van der Waals surface area contributed by atoms with Crippen molar-refractivity contribution in [3.63, 3.8) is 0 Å². The Morgan fingerprint density at radius 2 is 2.20 bits per heavy atom. The Hall–Kier alpha value is -0.540. The van der Waals surface area contributed by atoms with Gasteiger partial charge in [0.2, 0.25) is 0 Å². The highest BCUT2D eigenvalue weighted by molar-refractivity contribution is 7.98. The first kappa shape index (κ1) is 12.5. The molecule has 0 radical (unpaired) electrons. The molecule has 1 aromatic carbocycles. The molecular formula is C12H18FNS. The van der Waals surface area contributed by atoms with E-state index in [0.29, 0.717) is 6.04 Å². The Balaban J connectivity index is 2.73. The fraction of sp³-hybridized carbons (Fsp3) is 0.500. The van der Waals surface area contributed by atoms with Crippen LogP contribution in [0.3, 0.4) is 0 Å². The van der Waals surface area contributed by atoms with Gasteiger partial charge in [-0.15, -0.1) is 0 Å². The van der Waals surface area contributed by atoms with E-state index in [1.807, 2.05) is 31.8 Å². The normalized spacial score (nSPS) is 12.8. The minimum Gasteiger partial charge on any atom is -0.316 e. The first-order valence-corrected chi connectivity index (χ1v) is 6.48. The molecule has 0 heterocycles. The number of benzene rings is 1. The van der Waals surface area contributed by atoms with Crippen molar-refractivity contribution in [2.24, 2.45) is 0 Å². The van der Waals surface area contributed by atoms with Gasteiger partial charge in [-0.2, -0.15) is 11.8 Å². The number of thioether (sulfide) groups is 1. The third-order valence-corrected chi connectivity index (χ3v) is 3.29. The average Bonchev–Trinajstić information content (AvgIpc) is 2.22. The molecule has 1 atom stereocenters. The van der Waals surface area contributed by atoms with Crippen molar-refractivity contribution < 1.29 is 4.39 Å². The lowest BCUT2D eigenvalue weighted by atomic mass is 10.0. The van der Waals surface area contributed by atoms with E-state index < -0.39 is 0 Å². The molecule has 84 valence electrons. The van der Waals surface area contributed by atoms with Gasteiger partial charge < -0.3 is 5.32 Å². The number of hydrogen-bond acceptors (Lipinski definition) is 2. The van der Waals surface area contributed by atoms with Crippen LogP contribution in [0.15, 0.2) is 18.2 Å². The molecule has 0 amide bonds. The van der Waals surface area contributed by atoms with Crippen molar-refractivity contribution in [3.8, 4) is 0 Å². The second-order valence-corrected chi connectivity index (χ2v) is 4.63. The summed E-state index contributed by atoms with van der Waals surface area (Å²) < 4.78 is 13.1. The smallest absolute Gasteiger partial charge is 0.123 e. The maximum atomic E-state index is 13.1. The molecule has 0 saturated carbocycles. The molecule has 1 rings (SSSR count). The van der Waals surface area contributed by atoms with Gasteiger partial charge in [0, 0.05) is 11.8 Å². The van der Waals surface area contributed by atoms with Gasteiger partial charge in [-0.1, -0.05) is 6.07 Å². The highest BCUT2D eigenvalue weighted by atomic mass is 32.2. The van der Waals surface area contributed by atoms with Crippen molar-refractivity contribution in [2.75, 3.05) is 19.1 Å². The van der Waals surface area contributed by atoms with Gasteiger partial charge >= 0.3 is 0 Å². The largest absolute Gasteiger partial charge is 0.316 e. The van der Waals surface area contributed by atoms with Crippen molar-refractivity contribution in [3.05, 3.63) is 35.1 Å². The monoisotopic (exact) mass is 227 g/mol. The van der Waals surface area contributed by atoms with Gasteiger partial charge in [0.25, 0.3) is 0 Å². The molecule has 0 aromatic heterocycles. The molecule has 1 aromatic rings. The predicted molar refractivity (Wildman–Crippen MR) is 66.1 cm³/mol. The van der Waals surface area contributed by atoms with Gasteiger partial charge in [0.05, 0.1) is 0 Å². The lowest BCUT2D eigenvalue weighted by Crippen LogP contribution is -2.30. The van der Waals surface area contributed by atoms with E-state index >= 15 is 0 Å². The van der Waals surface area contributed by atoms with Crippen LogP contribution in [0.4, 0.5) is 4.39 Å². The Morgan fingerprint density at radius 1 is 1.47 bits per heavy atom. The average molecular weight is 227 g/mol. The Labute approximate surface area is 95.5 Å². The molecule has 0 fully saturated rings. The van der Waals surface area contributed by atoms with Crippen molar-refractivity contribution in [1.29, 1.82) is 0 Å². The van der Waals surface area contributed by atoms with E-state index in [9.17, 15) is 4.39 Å². The Kier molecular flexibility index (Phi) is 5.12. The molecular weight excluding hydrogens is 209 g/mol. The van der Waals surface area contributed by atoms with Crippen molar-refractivity contribution >= 4 is 11.8 Å². The van der Waals surface area contributed by atoms with Crippen molar-refractivity contribution in [1.82, 2.24) is 5.32 Å². The lowest BCUT2D eigenvalue weighted by molar-refractivity contribution is 0.601. The van der Waals surface area contributed by atoms with Gasteiger partial charge in [-0.3, -0.25) is 0 Å². The van der Waals surface area contributed by atoms with Crippen LogP contribution >= 0.6 is 11.8 Å². The number of hydrogen-bond donors (Lipinski definition) is 1. The quantitative estimate of drug-likeness (QED) is 0.830. The summed E-state index contributed by atoms with van der Waals surface area (Å²) in [7, 11) is 1.95. The summed E-state index contributed by atoms with van der Waals surface area (Å²) in [5.74, 6) is 0.904. The van der Waals surface area contributed by atoms with E-state index in [-0.39, 0.29) is 5.82 Å². The second-order valence-electron chi connectivity index (χ2n) is 3.72. The van der Waals surface area contributed by atoms with Gasteiger partial charge in [0.15, 0.2) is 0 Å². The molecule has 3 heteroatoms. The second kappa shape index (κ2) is 6.13. The molecule has 0 saturated heterocycles. The number of aryl methyl sites for hydroxylation is 1. The summed E-state index contributed by atoms with van der Waals surface area (Å²) in [6, 6.07) is 5.42. The first-order valence-electron chi connectivity index (χ1n) is 5.08. The van der Waals surface area contributed by atoms with Crippen LogP contribution in [0.1, 0.15) is 11.1 Å². The highest BCUT2D eigenvalue weighted by Crippen LogP contribution is 2.13. The summed E-state index contributed by atoms with van der Waals surface area (Å²) in [4.78, 5) is 0. The standard InChI is InChI=1S/C12H18FNS/c1-9-4-5-11(13)6-10(9)7-12(14-2)8-15-3/h4-6,12,14H,7-8H2,1-3H3. The molecule has 1 N–H and O–H groups in total. The van der Waals surface area contributed by atoms with Crippen LogP contribution in [-0.2, 0) is 6.42 Å². The van der Waals surface area contributed by atoms with Gasteiger partial charge in [0.1, 0.15) is 5.82 Å². The Morgan fingerprint density at radius 3 is 2.80 bits per heavy atom. The van der Waals surface area contributed by atoms with Crippen LogP contribution in [0.2, 0.25) is 0 Å². The molecule has 0 aliphatic heterocycles. The summed E-state index contributed by atoms with van der Waals surface area (Å²) in [5, 5.41) is 3.25. The van der Waals surface area contributed by atoms with Crippen molar-refractivity contribution in [2.45, 2.75) is 19.4 Å². The molecule has 15 heavy (non-hydrogen) atoms. The molecule has 0 spiro atoms. The summed E-state index contributed by atoms with van der Waals surface area (Å²) in [6.07, 6.45) is 2.98. The summed E-state index contributed by atoms with van der Waals surface area (Å²) in [6.45, 7) is 2.03. The fourth-order valence-electron chi connectivity index (χ4n) is 1.57. The molecule has 1 nitrogen and oxygen atoms in total. The van der Waals surface area contributed by atoms with E-state index in [4.69, 9.17) is 0 Å². The van der Waals surface area contributed by atoms with E-state index in [2.05, 4.69) is 11.6 Å². The van der Waals surface area contributed by atoms with Crippen LogP contribution in [-0.4, -0.2) is 25.1 Å². The van der Waals surface area contributed by atoms with E-state index in [1.165, 1.54) is 6.07 Å². The zero-order chi connectivity index (χ0) is 11.3. The minimum absolute atomic E-state index is 0.144. The maximum Gasteiger partial charge on any atom is 0.123 e. The molecule has 0 aliphatic carbocycles. The summed E-state index contributed by atoms with van der Waals surface area (Å²) in [5.41, 5.74) is 2.26. The van der Waals surface area contributed by atoms with Gasteiger partial charge in [-0.05, 0) is 49.9 Å². The third-order valence-electron chi connectivity index (χ3n) is 2.55. The number of likely N-dealkylation sites (N-methyl/N-ethyl adjacent to an activating group) is 1. The summed E-state index contributed by atoms with van der Waals surface area (Å²) >= 11 is 1.81. The number of nitrogens with one attached hydrogen (secondary N) is 1. The zero-order valence-electron chi connectivity index (χ0n) is 9.51. The van der Waals surface area contributed by atoms with E-state index in [1.54, 1.807) is 6.07 Å².